The Bertz CT molecular complexity index is 430. The molecule has 1 saturated heterocycles. The third-order valence-corrected chi connectivity index (χ3v) is 3.44. The highest BCUT2D eigenvalue weighted by Crippen LogP contribution is 2.28. The van der Waals surface area contributed by atoms with Gasteiger partial charge >= 0.3 is 0 Å². The Labute approximate surface area is 102 Å². The van der Waals surface area contributed by atoms with Crippen LogP contribution in [0.1, 0.15) is 31.4 Å². The molecule has 1 aromatic rings. The van der Waals surface area contributed by atoms with Gasteiger partial charge in [0, 0.05) is 5.69 Å². The van der Waals surface area contributed by atoms with Gasteiger partial charge in [-0.15, -0.1) is 0 Å². The number of aryl methyl sites for hydroxylation is 1. The van der Waals surface area contributed by atoms with E-state index < -0.39 is 0 Å². The monoisotopic (exact) mass is 230 g/mol. The highest BCUT2D eigenvalue weighted by Gasteiger charge is 2.28. The molecular formula is C14H18N2O. The summed E-state index contributed by atoms with van der Waals surface area (Å²) in [6, 6.07) is 6.43. The van der Waals surface area contributed by atoms with Gasteiger partial charge in [0.15, 0.2) is 5.82 Å². The van der Waals surface area contributed by atoms with Crippen molar-refractivity contribution in [1.29, 1.82) is 0 Å². The molecule has 0 N–H and O–H groups in total. The Morgan fingerprint density at radius 1 is 1.24 bits per heavy atom. The van der Waals surface area contributed by atoms with Gasteiger partial charge in [0.25, 0.3) is 0 Å². The number of fused-ring (bicyclic) bond motifs is 4. The minimum Gasteiger partial charge on any atom is -0.264 e. The summed E-state index contributed by atoms with van der Waals surface area (Å²) in [5.74, 6) is 0.936. The summed E-state index contributed by atoms with van der Waals surface area (Å²) >= 11 is 0. The Morgan fingerprint density at radius 3 is 3.00 bits per heavy atom. The number of hydrogen-bond donors (Lipinski definition) is 0. The molecule has 2 aliphatic heterocycles. The fraction of sp³-hybridized carbons (Fsp3) is 0.500. The molecular weight excluding hydrogens is 212 g/mol. The molecule has 3 heteroatoms. The molecule has 4 rings (SSSR count). The smallest absolute Gasteiger partial charge is 0.153 e. The molecule has 2 atom stereocenters. The second kappa shape index (κ2) is 4.49. The first-order chi connectivity index (χ1) is 8.33. The molecule has 0 radical (unpaired) electrons. The third-order valence-electron chi connectivity index (χ3n) is 3.44. The molecule has 90 valence electrons. The van der Waals surface area contributed by atoms with Gasteiger partial charge < -0.3 is 0 Å². The van der Waals surface area contributed by atoms with Gasteiger partial charge in [-0.05, 0) is 31.9 Å². The summed E-state index contributed by atoms with van der Waals surface area (Å²) in [6.07, 6.45) is 9.52. The quantitative estimate of drug-likeness (QED) is 0.693. The van der Waals surface area contributed by atoms with E-state index in [0.717, 1.165) is 24.4 Å². The van der Waals surface area contributed by atoms with Crippen LogP contribution in [-0.2, 0) is 4.84 Å². The molecule has 3 heterocycles. The normalized spacial score (nSPS) is 27.9. The maximum Gasteiger partial charge on any atom is 0.153 e. The molecule has 2 bridgehead atoms. The van der Waals surface area contributed by atoms with Gasteiger partial charge in [-0.2, -0.15) is 0 Å². The van der Waals surface area contributed by atoms with E-state index in [0.29, 0.717) is 6.04 Å². The van der Waals surface area contributed by atoms with E-state index in [2.05, 4.69) is 17.1 Å². The average molecular weight is 230 g/mol. The molecule has 0 saturated carbocycles. The van der Waals surface area contributed by atoms with Crippen molar-refractivity contribution in [1.82, 2.24) is 4.98 Å². The van der Waals surface area contributed by atoms with Crippen LogP contribution in [0.2, 0.25) is 0 Å². The van der Waals surface area contributed by atoms with Crippen LogP contribution in [0.3, 0.4) is 0 Å². The van der Waals surface area contributed by atoms with Crippen molar-refractivity contribution in [2.24, 2.45) is 0 Å². The highest BCUT2D eigenvalue weighted by molar-refractivity contribution is 5.40. The molecule has 1 aromatic heterocycles. The lowest BCUT2D eigenvalue weighted by molar-refractivity contribution is 0.0237. The molecule has 0 aromatic carbocycles. The lowest BCUT2D eigenvalue weighted by atomic mass is 9.99. The molecule has 1 unspecified atom stereocenters. The molecule has 0 spiro atoms. The van der Waals surface area contributed by atoms with Gasteiger partial charge in [-0.1, -0.05) is 31.1 Å². The number of nitrogens with zero attached hydrogens (tertiary/aromatic N) is 2. The first-order valence-corrected chi connectivity index (χ1v) is 6.41. The fourth-order valence-electron chi connectivity index (χ4n) is 2.53. The van der Waals surface area contributed by atoms with Crippen LogP contribution < -0.4 is 5.06 Å². The Kier molecular flexibility index (Phi) is 2.85. The summed E-state index contributed by atoms with van der Waals surface area (Å²) in [7, 11) is 0. The van der Waals surface area contributed by atoms with E-state index in [1.54, 1.807) is 0 Å². The van der Waals surface area contributed by atoms with Crippen molar-refractivity contribution < 1.29 is 4.84 Å². The summed E-state index contributed by atoms with van der Waals surface area (Å²) in [6.45, 7) is 2.02. The Balaban J connectivity index is 1.90. The summed E-state index contributed by atoms with van der Waals surface area (Å²) < 4.78 is 0. The molecule has 3 aliphatic rings. The lowest BCUT2D eigenvalue weighted by Crippen LogP contribution is -2.42. The highest BCUT2D eigenvalue weighted by atomic mass is 16.7. The predicted octanol–water partition coefficient (Wildman–Crippen LogP) is 3.01. The van der Waals surface area contributed by atoms with Gasteiger partial charge in [0.2, 0.25) is 0 Å². The lowest BCUT2D eigenvalue weighted by Gasteiger charge is -2.37. The molecule has 0 amide bonds. The Hall–Kier alpha value is -1.35. The number of rotatable bonds is 1. The van der Waals surface area contributed by atoms with Crippen molar-refractivity contribution in [3.8, 4) is 0 Å². The van der Waals surface area contributed by atoms with E-state index in [1.165, 1.54) is 12.8 Å². The van der Waals surface area contributed by atoms with Gasteiger partial charge in [0.1, 0.15) is 6.10 Å². The minimum absolute atomic E-state index is 0.230. The zero-order chi connectivity index (χ0) is 11.7. The number of hydrogen-bond acceptors (Lipinski definition) is 3. The largest absolute Gasteiger partial charge is 0.264 e. The van der Waals surface area contributed by atoms with E-state index >= 15 is 0 Å². The van der Waals surface area contributed by atoms with Crippen LogP contribution in [0.4, 0.5) is 5.82 Å². The van der Waals surface area contributed by atoms with Crippen molar-refractivity contribution in [2.75, 3.05) is 5.06 Å². The van der Waals surface area contributed by atoms with Crippen LogP contribution in [0.5, 0.6) is 0 Å². The second-order valence-electron chi connectivity index (χ2n) is 4.84. The molecule has 3 nitrogen and oxygen atoms in total. The van der Waals surface area contributed by atoms with E-state index in [9.17, 15) is 0 Å². The number of hydroxylamine groups is 1. The zero-order valence-electron chi connectivity index (χ0n) is 10.2. The second-order valence-corrected chi connectivity index (χ2v) is 4.84. The van der Waals surface area contributed by atoms with E-state index in [-0.39, 0.29) is 6.10 Å². The van der Waals surface area contributed by atoms with Crippen molar-refractivity contribution in [3.63, 3.8) is 0 Å². The Morgan fingerprint density at radius 2 is 2.12 bits per heavy atom. The number of anilines is 1. The van der Waals surface area contributed by atoms with E-state index in [4.69, 9.17) is 4.84 Å². The maximum absolute atomic E-state index is 6.02. The average Bonchev–Trinajstić information content (AvgIpc) is 2.29. The summed E-state index contributed by atoms with van der Waals surface area (Å²) in [5, 5.41) is 2.00. The first kappa shape index (κ1) is 10.8. The number of pyridine rings is 1. The SMILES string of the molecule is Cc1cccc(N2O[C@H]3C=CC2CCCC3)n1. The molecule has 1 fully saturated rings. The van der Waals surface area contributed by atoms with E-state index in [1.807, 2.05) is 30.2 Å². The van der Waals surface area contributed by atoms with Crippen LogP contribution in [0.15, 0.2) is 30.4 Å². The summed E-state index contributed by atoms with van der Waals surface area (Å²) in [4.78, 5) is 10.6. The summed E-state index contributed by atoms with van der Waals surface area (Å²) in [5.41, 5.74) is 1.04. The van der Waals surface area contributed by atoms with Crippen molar-refractivity contribution in [2.45, 2.75) is 44.8 Å². The van der Waals surface area contributed by atoms with Crippen LogP contribution in [0.25, 0.3) is 0 Å². The van der Waals surface area contributed by atoms with Gasteiger partial charge in [-0.3, -0.25) is 4.84 Å². The topological polar surface area (TPSA) is 25.4 Å². The zero-order valence-corrected chi connectivity index (χ0v) is 10.2. The van der Waals surface area contributed by atoms with Gasteiger partial charge in [-0.25, -0.2) is 10.0 Å². The van der Waals surface area contributed by atoms with Crippen molar-refractivity contribution in [3.05, 3.63) is 36.0 Å². The fourth-order valence-corrected chi connectivity index (χ4v) is 2.53. The minimum atomic E-state index is 0.230. The van der Waals surface area contributed by atoms with Crippen LogP contribution in [-0.4, -0.2) is 17.1 Å². The maximum atomic E-state index is 6.02. The van der Waals surface area contributed by atoms with Crippen LogP contribution in [0, 0.1) is 6.92 Å². The predicted molar refractivity (Wildman–Crippen MR) is 67.7 cm³/mol. The first-order valence-electron chi connectivity index (χ1n) is 6.41. The van der Waals surface area contributed by atoms with Crippen molar-refractivity contribution >= 4 is 5.82 Å². The third kappa shape index (κ3) is 2.20. The standard InChI is InChI=1S/C14H18N2O/c1-11-5-4-8-14(15-11)16-12-6-2-3-7-13(17-16)10-9-12/h4-5,8-10,12-13H,2-3,6-7H2,1H3/t12?,13-/m1/s1. The van der Waals surface area contributed by atoms with Gasteiger partial charge in [0.05, 0.1) is 6.04 Å². The van der Waals surface area contributed by atoms with Crippen LogP contribution >= 0.6 is 0 Å². The number of aromatic nitrogens is 1. The molecule has 1 aliphatic carbocycles. The molecule has 17 heavy (non-hydrogen) atoms.